The van der Waals surface area contributed by atoms with Gasteiger partial charge in [0.2, 0.25) is 11.8 Å². The number of carbonyl (C=O) groups excluding carboxylic acids is 3. The van der Waals surface area contributed by atoms with E-state index in [9.17, 15) is 14.4 Å². The van der Waals surface area contributed by atoms with E-state index in [1.54, 1.807) is 24.3 Å². The highest BCUT2D eigenvalue weighted by Gasteiger charge is 2.40. The Morgan fingerprint density at radius 2 is 2.08 bits per heavy atom. The van der Waals surface area contributed by atoms with Gasteiger partial charge in [0.25, 0.3) is 5.91 Å². The van der Waals surface area contributed by atoms with Crippen LogP contribution >= 0.6 is 0 Å². The topological polar surface area (TPSA) is 99.8 Å². The zero-order valence-electron chi connectivity index (χ0n) is 14.8. The second kappa shape index (κ2) is 8.29. The maximum Gasteiger partial charge on any atom is 0.253 e. The summed E-state index contributed by atoms with van der Waals surface area (Å²) >= 11 is 0. The van der Waals surface area contributed by atoms with E-state index >= 15 is 0 Å². The lowest BCUT2D eigenvalue weighted by atomic mass is 9.99. The molecule has 1 aromatic carbocycles. The standard InChI is InChI=1S/C18H24N4O4/c1-2-26-14-7-5-13(6-8-14)22-16(23)10-15(18(22)25)20-21-17(24)12-4-3-9-19-11-12/h5-8,12,15,19-20H,2-4,9-11H2,1H3,(H,21,24)/t12-,15+/m1/s1. The number of nitrogens with one attached hydrogen (secondary N) is 3. The lowest BCUT2D eigenvalue weighted by Crippen LogP contribution is -2.51. The number of piperidine rings is 1. The van der Waals surface area contributed by atoms with Crippen LogP contribution in [0.5, 0.6) is 5.75 Å². The number of hydrazine groups is 1. The second-order valence-corrected chi connectivity index (χ2v) is 6.43. The Labute approximate surface area is 152 Å². The van der Waals surface area contributed by atoms with Gasteiger partial charge >= 0.3 is 0 Å². The summed E-state index contributed by atoms with van der Waals surface area (Å²) in [7, 11) is 0. The highest BCUT2D eigenvalue weighted by Crippen LogP contribution is 2.25. The van der Waals surface area contributed by atoms with Crippen molar-refractivity contribution in [2.75, 3.05) is 24.6 Å². The summed E-state index contributed by atoms with van der Waals surface area (Å²) in [6.45, 7) is 3.98. The smallest absolute Gasteiger partial charge is 0.253 e. The fourth-order valence-electron chi connectivity index (χ4n) is 3.21. The molecule has 3 amide bonds. The number of carbonyl (C=O) groups is 3. The van der Waals surface area contributed by atoms with Gasteiger partial charge in [0.15, 0.2) is 0 Å². The predicted octanol–water partition coefficient (Wildman–Crippen LogP) is 0.338. The van der Waals surface area contributed by atoms with Gasteiger partial charge in [-0.3, -0.25) is 19.8 Å². The van der Waals surface area contributed by atoms with Crippen LogP contribution in [0.1, 0.15) is 26.2 Å². The van der Waals surface area contributed by atoms with Crippen molar-refractivity contribution in [2.24, 2.45) is 5.92 Å². The van der Waals surface area contributed by atoms with E-state index in [0.29, 0.717) is 24.6 Å². The number of anilines is 1. The number of rotatable bonds is 6. The van der Waals surface area contributed by atoms with Gasteiger partial charge in [-0.15, -0.1) is 0 Å². The average molecular weight is 360 g/mol. The Morgan fingerprint density at radius 1 is 1.31 bits per heavy atom. The van der Waals surface area contributed by atoms with E-state index in [2.05, 4.69) is 16.2 Å². The van der Waals surface area contributed by atoms with Gasteiger partial charge in [0.05, 0.1) is 24.6 Å². The van der Waals surface area contributed by atoms with Gasteiger partial charge in [-0.05, 0) is 50.6 Å². The summed E-state index contributed by atoms with van der Waals surface area (Å²) in [4.78, 5) is 38.1. The van der Waals surface area contributed by atoms with E-state index in [1.165, 1.54) is 0 Å². The molecule has 0 bridgehead atoms. The summed E-state index contributed by atoms with van der Waals surface area (Å²) in [6.07, 6.45) is 1.77. The molecule has 140 valence electrons. The molecule has 3 N–H and O–H groups in total. The van der Waals surface area contributed by atoms with Crippen LogP contribution in [-0.2, 0) is 14.4 Å². The quantitative estimate of drug-likeness (QED) is 0.500. The van der Waals surface area contributed by atoms with Gasteiger partial charge in [-0.25, -0.2) is 10.3 Å². The maximum atomic E-state index is 12.6. The van der Waals surface area contributed by atoms with Gasteiger partial charge in [0, 0.05) is 6.54 Å². The zero-order valence-corrected chi connectivity index (χ0v) is 14.8. The first-order valence-corrected chi connectivity index (χ1v) is 8.96. The largest absolute Gasteiger partial charge is 0.494 e. The van der Waals surface area contributed by atoms with Crippen LogP contribution in [0, 0.1) is 5.92 Å². The van der Waals surface area contributed by atoms with Crippen LogP contribution < -0.4 is 25.8 Å². The van der Waals surface area contributed by atoms with Crippen molar-refractivity contribution in [1.29, 1.82) is 0 Å². The lowest BCUT2D eigenvalue weighted by molar-refractivity contribution is -0.127. The second-order valence-electron chi connectivity index (χ2n) is 6.43. The summed E-state index contributed by atoms with van der Waals surface area (Å²) < 4.78 is 5.37. The third kappa shape index (κ3) is 4.03. The van der Waals surface area contributed by atoms with Gasteiger partial charge in [0.1, 0.15) is 11.8 Å². The Balaban J connectivity index is 1.58. The van der Waals surface area contributed by atoms with Crippen molar-refractivity contribution in [1.82, 2.24) is 16.2 Å². The average Bonchev–Trinajstić information content (AvgIpc) is 2.95. The molecule has 0 saturated carbocycles. The van der Waals surface area contributed by atoms with Crippen molar-refractivity contribution < 1.29 is 19.1 Å². The highest BCUT2D eigenvalue weighted by molar-refractivity contribution is 6.22. The Morgan fingerprint density at radius 3 is 2.73 bits per heavy atom. The molecule has 2 heterocycles. The van der Waals surface area contributed by atoms with Crippen molar-refractivity contribution in [2.45, 2.75) is 32.2 Å². The van der Waals surface area contributed by atoms with E-state index in [-0.39, 0.29) is 30.1 Å². The van der Waals surface area contributed by atoms with E-state index in [0.717, 1.165) is 24.3 Å². The zero-order chi connectivity index (χ0) is 18.5. The Kier molecular flexibility index (Phi) is 5.85. The van der Waals surface area contributed by atoms with Crippen LogP contribution in [0.2, 0.25) is 0 Å². The first-order valence-electron chi connectivity index (χ1n) is 8.96. The Bertz CT molecular complexity index is 670. The fraction of sp³-hybridized carbons (Fsp3) is 0.500. The summed E-state index contributed by atoms with van der Waals surface area (Å²) in [5, 5.41) is 3.17. The third-order valence-electron chi connectivity index (χ3n) is 4.59. The molecule has 1 aromatic rings. The van der Waals surface area contributed by atoms with E-state index in [4.69, 9.17) is 4.74 Å². The minimum Gasteiger partial charge on any atom is -0.494 e. The molecule has 0 radical (unpaired) electrons. The van der Waals surface area contributed by atoms with Gasteiger partial charge in [-0.1, -0.05) is 0 Å². The molecular weight excluding hydrogens is 336 g/mol. The lowest BCUT2D eigenvalue weighted by Gasteiger charge is -2.23. The van der Waals surface area contributed by atoms with Crippen molar-refractivity contribution in [3.63, 3.8) is 0 Å². The number of hydrogen-bond donors (Lipinski definition) is 3. The van der Waals surface area contributed by atoms with Crippen LogP contribution in [0.3, 0.4) is 0 Å². The number of ether oxygens (including phenoxy) is 1. The van der Waals surface area contributed by atoms with Crippen LogP contribution in [0.15, 0.2) is 24.3 Å². The van der Waals surface area contributed by atoms with E-state index < -0.39 is 6.04 Å². The van der Waals surface area contributed by atoms with Gasteiger partial charge in [-0.2, -0.15) is 0 Å². The molecule has 0 unspecified atom stereocenters. The SMILES string of the molecule is CCOc1ccc(N2C(=O)C[C@H](NNC(=O)[C@@H]3CCCNC3)C2=O)cc1. The molecule has 2 saturated heterocycles. The maximum absolute atomic E-state index is 12.6. The third-order valence-corrected chi connectivity index (χ3v) is 4.59. The molecule has 3 rings (SSSR count). The molecule has 8 nitrogen and oxygen atoms in total. The highest BCUT2D eigenvalue weighted by atomic mass is 16.5. The monoisotopic (exact) mass is 360 g/mol. The van der Waals surface area contributed by atoms with Crippen molar-refractivity contribution >= 4 is 23.4 Å². The van der Waals surface area contributed by atoms with Crippen LogP contribution in [0.4, 0.5) is 5.69 Å². The fourth-order valence-corrected chi connectivity index (χ4v) is 3.21. The molecule has 0 spiro atoms. The number of benzene rings is 1. The molecule has 2 aliphatic rings. The molecular formula is C18H24N4O4. The molecule has 26 heavy (non-hydrogen) atoms. The number of imide groups is 1. The molecule has 8 heteroatoms. The number of nitrogens with zero attached hydrogens (tertiary/aromatic N) is 1. The van der Waals surface area contributed by atoms with Crippen LogP contribution in [0.25, 0.3) is 0 Å². The number of hydrogen-bond acceptors (Lipinski definition) is 6. The first kappa shape index (κ1) is 18.3. The number of amides is 3. The summed E-state index contributed by atoms with van der Waals surface area (Å²) in [5.74, 6) is -0.271. The molecule has 0 aliphatic carbocycles. The first-order chi connectivity index (χ1) is 12.6. The molecule has 2 atom stereocenters. The summed E-state index contributed by atoms with van der Waals surface area (Å²) in [6, 6.07) is 6.04. The molecule has 2 fully saturated rings. The van der Waals surface area contributed by atoms with E-state index in [1.807, 2.05) is 6.92 Å². The predicted molar refractivity (Wildman–Crippen MR) is 95.4 cm³/mol. The normalized spacial score (nSPS) is 23.2. The van der Waals surface area contributed by atoms with Crippen LogP contribution in [-0.4, -0.2) is 43.5 Å². The Hall–Kier alpha value is -2.45. The summed E-state index contributed by atoms with van der Waals surface area (Å²) in [5.41, 5.74) is 5.82. The molecule has 0 aromatic heterocycles. The van der Waals surface area contributed by atoms with Crippen molar-refractivity contribution in [3.05, 3.63) is 24.3 Å². The van der Waals surface area contributed by atoms with Gasteiger partial charge < -0.3 is 10.1 Å². The van der Waals surface area contributed by atoms with Crippen molar-refractivity contribution in [3.8, 4) is 5.75 Å². The minimum atomic E-state index is -0.755. The molecule has 2 aliphatic heterocycles. The minimum absolute atomic E-state index is 0.00917.